The first-order valence-electron chi connectivity index (χ1n) is 9.77. The lowest BCUT2D eigenvalue weighted by atomic mass is 9.80. The summed E-state index contributed by atoms with van der Waals surface area (Å²) in [6.07, 6.45) is 2.06. The zero-order chi connectivity index (χ0) is 19.2. The summed E-state index contributed by atoms with van der Waals surface area (Å²) in [6, 6.07) is 21.9. The SMILES string of the molecule is CC(C)c1cccc2ccc(-c3cnc4ccccc4c3C(C)(C)C)cc12. The van der Waals surface area contributed by atoms with Crippen molar-refractivity contribution >= 4 is 21.7 Å². The van der Waals surface area contributed by atoms with Crippen LogP contribution in [0.1, 0.15) is 51.7 Å². The van der Waals surface area contributed by atoms with Gasteiger partial charge in [-0.3, -0.25) is 4.98 Å². The van der Waals surface area contributed by atoms with Crippen molar-refractivity contribution in [2.75, 3.05) is 0 Å². The average molecular weight is 354 g/mol. The minimum Gasteiger partial charge on any atom is -0.256 e. The largest absolute Gasteiger partial charge is 0.256 e. The zero-order valence-corrected chi connectivity index (χ0v) is 16.9. The molecule has 1 aromatic heterocycles. The van der Waals surface area contributed by atoms with E-state index < -0.39 is 0 Å². The van der Waals surface area contributed by atoms with Gasteiger partial charge in [0.1, 0.15) is 0 Å². The van der Waals surface area contributed by atoms with E-state index in [9.17, 15) is 0 Å². The van der Waals surface area contributed by atoms with Crippen molar-refractivity contribution < 1.29 is 0 Å². The molecule has 1 heteroatoms. The number of pyridine rings is 1. The summed E-state index contributed by atoms with van der Waals surface area (Å²) in [4.78, 5) is 4.77. The molecule has 0 aliphatic rings. The first-order valence-corrected chi connectivity index (χ1v) is 9.77. The lowest BCUT2D eigenvalue weighted by molar-refractivity contribution is 0.597. The average Bonchev–Trinajstić information content (AvgIpc) is 2.65. The Morgan fingerprint density at radius 3 is 2.33 bits per heavy atom. The van der Waals surface area contributed by atoms with Crippen LogP contribution in [0.3, 0.4) is 0 Å². The molecule has 4 aromatic rings. The topological polar surface area (TPSA) is 12.9 Å². The minimum atomic E-state index is 0.0321. The molecule has 0 radical (unpaired) electrons. The molecule has 0 saturated carbocycles. The molecule has 27 heavy (non-hydrogen) atoms. The summed E-state index contributed by atoms with van der Waals surface area (Å²) >= 11 is 0. The van der Waals surface area contributed by atoms with Gasteiger partial charge in [0.05, 0.1) is 5.52 Å². The molecule has 0 fully saturated rings. The van der Waals surface area contributed by atoms with Crippen molar-refractivity contribution in [3.63, 3.8) is 0 Å². The van der Waals surface area contributed by atoms with Crippen LogP contribution in [0.15, 0.2) is 66.9 Å². The summed E-state index contributed by atoms with van der Waals surface area (Å²) in [6.45, 7) is 11.4. The number of hydrogen-bond acceptors (Lipinski definition) is 1. The second-order valence-corrected chi connectivity index (χ2v) is 8.75. The molecule has 0 unspecified atom stereocenters. The molecule has 0 saturated heterocycles. The normalized spacial score (nSPS) is 12.2. The van der Waals surface area contributed by atoms with Crippen LogP contribution in [-0.4, -0.2) is 4.98 Å². The van der Waals surface area contributed by atoms with Gasteiger partial charge < -0.3 is 0 Å². The van der Waals surface area contributed by atoms with E-state index in [4.69, 9.17) is 4.98 Å². The van der Waals surface area contributed by atoms with Gasteiger partial charge in [0.2, 0.25) is 0 Å². The fraction of sp³-hybridized carbons (Fsp3) is 0.269. The number of benzene rings is 3. The van der Waals surface area contributed by atoms with Crippen LogP contribution in [0.25, 0.3) is 32.8 Å². The number of nitrogens with zero attached hydrogens (tertiary/aromatic N) is 1. The minimum absolute atomic E-state index is 0.0321. The standard InChI is InChI=1S/C26H27N/c1-17(2)20-11-8-9-18-13-14-19(15-22(18)20)23-16-27-24-12-7-6-10-21(24)25(23)26(3,4)5/h6-17H,1-5H3. The fourth-order valence-corrected chi connectivity index (χ4v) is 4.14. The molecule has 4 rings (SSSR count). The molecular formula is C26H27N. The molecule has 0 spiro atoms. The fourth-order valence-electron chi connectivity index (χ4n) is 4.14. The Labute approximate surface area is 162 Å². The third-order valence-corrected chi connectivity index (χ3v) is 5.37. The second-order valence-electron chi connectivity index (χ2n) is 8.75. The molecule has 0 bridgehead atoms. The molecule has 136 valence electrons. The van der Waals surface area contributed by atoms with E-state index in [0.29, 0.717) is 5.92 Å². The van der Waals surface area contributed by atoms with E-state index in [-0.39, 0.29) is 5.41 Å². The number of hydrogen-bond donors (Lipinski definition) is 0. The molecule has 1 nitrogen and oxygen atoms in total. The van der Waals surface area contributed by atoms with Crippen LogP contribution in [0.4, 0.5) is 0 Å². The van der Waals surface area contributed by atoms with Crippen LogP contribution in [0.2, 0.25) is 0 Å². The number of aromatic nitrogens is 1. The Morgan fingerprint density at radius 1 is 0.815 bits per heavy atom. The predicted octanol–water partition coefficient (Wildman–Crippen LogP) is 7.48. The molecule has 1 heterocycles. The van der Waals surface area contributed by atoms with Crippen molar-refractivity contribution in [2.24, 2.45) is 0 Å². The van der Waals surface area contributed by atoms with E-state index in [1.165, 1.54) is 38.4 Å². The van der Waals surface area contributed by atoms with Crippen molar-refractivity contribution in [1.82, 2.24) is 4.98 Å². The molecule has 3 aromatic carbocycles. The lowest BCUT2D eigenvalue weighted by Crippen LogP contribution is -2.14. The summed E-state index contributed by atoms with van der Waals surface area (Å²) in [5.41, 5.74) is 6.36. The predicted molar refractivity (Wildman–Crippen MR) is 117 cm³/mol. The van der Waals surface area contributed by atoms with Gasteiger partial charge in [-0.25, -0.2) is 0 Å². The molecule has 0 aliphatic heterocycles. The van der Waals surface area contributed by atoms with E-state index in [1.807, 2.05) is 0 Å². The monoisotopic (exact) mass is 353 g/mol. The summed E-state index contributed by atoms with van der Waals surface area (Å²) in [5, 5.41) is 3.90. The Morgan fingerprint density at radius 2 is 1.59 bits per heavy atom. The molecular weight excluding hydrogens is 326 g/mol. The number of fused-ring (bicyclic) bond motifs is 2. The molecule has 0 amide bonds. The molecule has 0 N–H and O–H groups in total. The lowest BCUT2D eigenvalue weighted by Gasteiger charge is -2.25. The highest BCUT2D eigenvalue weighted by atomic mass is 14.7. The maximum absolute atomic E-state index is 4.77. The highest BCUT2D eigenvalue weighted by Crippen LogP contribution is 2.39. The van der Waals surface area contributed by atoms with Crippen molar-refractivity contribution in [1.29, 1.82) is 0 Å². The van der Waals surface area contributed by atoms with Crippen molar-refractivity contribution in [3.8, 4) is 11.1 Å². The zero-order valence-electron chi connectivity index (χ0n) is 16.9. The van der Waals surface area contributed by atoms with Crippen LogP contribution >= 0.6 is 0 Å². The van der Waals surface area contributed by atoms with Gasteiger partial charge in [-0.15, -0.1) is 0 Å². The Hall–Kier alpha value is -2.67. The number of rotatable bonds is 2. The summed E-state index contributed by atoms with van der Waals surface area (Å²) in [5.74, 6) is 0.501. The van der Waals surface area contributed by atoms with Gasteiger partial charge in [-0.2, -0.15) is 0 Å². The maximum Gasteiger partial charge on any atom is 0.0705 e. The van der Waals surface area contributed by atoms with Gasteiger partial charge in [-0.05, 0) is 50.9 Å². The van der Waals surface area contributed by atoms with Gasteiger partial charge in [0, 0.05) is 17.1 Å². The third-order valence-electron chi connectivity index (χ3n) is 5.37. The summed E-state index contributed by atoms with van der Waals surface area (Å²) in [7, 11) is 0. The molecule has 0 atom stereocenters. The maximum atomic E-state index is 4.77. The quantitative estimate of drug-likeness (QED) is 0.364. The van der Waals surface area contributed by atoms with Crippen molar-refractivity contribution in [2.45, 2.75) is 46.0 Å². The highest BCUT2D eigenvalue weighted by molar-refractivity contribution is 5.94. The smallest absolute Gasteiger partial charge is 0.0705 e. The van der Waals surface area contributed by atoms with Crippen LogP contribution in [0.5, 0.6) is 0 Å². The van der Waals surface area contributed by atoms with E-state index in [2.05, 4.69) is 101 Å². The Bertz CT molecular complexity index is 1130. The Balaban J connectivity index is 2.04. The van der Waals surface area contributed by atoms with E-state index >= 15 is 0 Å². The van der Waals surface area contributed by atoms with Gasteiger partial charge in [0.25, 0.3) is 0 Å². The molecule has 0 aliphatic carbocycles. The van der Waals surface area contributed by atoms with Crippen LogP contribution < -0.4 is 0 Å². The van der Waals surface area contributed by atoms with Gasteiger partial charge >= 0.3 is 0 Å². The van der Waals surface area contributed by atoms with Crippen molar-refractivity contribution in [3.05, 3.63) is 78.0 Å². The second kappa shape index (κ2) is 6.49. The van der Waals surface area contributed by atoms with E-state index in [1.54, 1.807) is 0 Å². The van der Waals surface area contributed by atoms with Crippen LogP contribution in [-0.2, 0) is 5.41 Å². The van der Waals surface area contributed by atoms with Gasteiger partial charge in [0.15, 0.2) is 0 Å². The van der Waals surface area contributed by atoms with Gasteiger partial charge in [-0.1, -0.05) is 83.1 Å². The third kappa shape index (κ3) is 3.12. The first-order chi connectivity index (χ1) is 12.9. The summed E-state index contributed by atoms with van der Waals surface area (Å²) < 4.78 is 0. The Kier molecular flexibility index (Phi) is 4.26. The van der Waals surface area contributed by atoms with E-state index in [0.717, 1.165) is 5.52 Å². The highest BCUT2D eigenvalue weighted by Gasteiger charge is 2.22. The van der Waals surface area contributed by atoms with Crippen LogP contribution in [0, 0.1) is 0 Å². The number of para-hydroxylation sites is 1. The first kappa shape index (κ1) is 17.7.